The number of carbonyl (C=O) groups excluding carboxylic acids is 2. The Kier molecular flexibility index (Phi) is 14.7. The summed E-state index contributed by atoms with van der Waals surface area (Å²) in [5, 5.41) is 57.6. The third kappa shape index (κ3) is 9.51. The number of methoxy groups -OCH3 is 1. The fraction of sp³-hybridized carbons (Fsp3) is 0.946. The predicted molar refractivity (Wildman–Crippen MR) is 186 cm³/mol. The molecule has 0 bridgehead atoms. The zero-order chi connectivity index (χ0) is 39.0. The highest BCUT2D eigenvalue weighted by Crippen LogP contribution is 2.40. The minimum Gasteiger partial charge on any atom is -0.459 e. The minimum absolute atomic E-state index is 0.0936. The predicted octanol–water partition coefficient (Wildman–Crippen LogP) is 1.79. The van der Waals surface area contributed by atoms with E-state index >= 15 is 0 Å². The van der Waals surface area contributed by atoms with Gasteiger partial charge in [0.15, 0.2) is 12.6 Å². The molecule has 3 fully saturated rings. The largest absolute Gasteiger partial charge is 0.459 e. The number of carbonyl (C=O) groups is 2. The second-order valence-electron chi connectivity index (χ2n) is 16.5. The standard InChI is InChI=1S/C37H67NO13/c1-14-25-37(10,45)30(41)20(4)27(39)18(2)16-35(8,44)32(51-34-28(40)24(38(11)12)15-19(3)47-34)21(5)29(22(6)33(43)49-25)50-26-17-36(9,46-13)31(42)23(7)48-26/h18-26,28-32,34,40-42,44-45H,14-17H2,1-13H3/t18?,19-,20?,21?,22?,23+,24+,25?,26+,28-,29?,30?,31+,32?,34+,35?,36-,37?/m1/s1. The van der Waals surface area contributed by atoms with Gasteiger partial charge in [0.2, 0.25) is 0 Å². The molecule has 298 valence electrons. The number of hydrogen-bond donors (Lipinski definition) is 5. The smallest absolute Gasteiger partial charge is 0.311 e. The lowest BCUT2D eigenvalue weighted by atomic mass is 9.74. The first-order chi connectivity index (χ1) is 23.4. The highest BCUT2D eigenvalue weighted by Gasteiger charge is 2.53. The summed E-state index contributed by atoms with van der Waals surface area (Å²) in [4.78, 5) is 29.8. The fourth-order valence-corrected chi connectivity index (χ4v) is 8.41. The van der Waals surface area contributed by atoms with Gasteiger partial charge in [0, 0.05) is 37.3 Å². The van der Waals surface area contributed by atoms with Crippen LogP contribution in [0, 0.1) is 23.7 Å². The summed E-state index contributed by atoms with van der Waals surface area (Å²) in [6.07, 6.45) is -9.71. The van der Waals surface area contributed by atoms with E-state index in [0.717, 1.165) is 0 Å². The van der Waals surface area contributed by atoms with Crippen molar-refractivity contribution in [1.29, 1.82) is 0 Å². The molecule has 0 radical (unpaired) electrons. The number of aliphatic hydroxyl groups excluding tert-OH is 3. The number of ketones is 1. The zero-order valence-corrected chi connectivity index (χ0v) is 32.9. The molecule has 3 aliphatic heterocycles. The van der Waals surface area contributed by atoms with Crippen LogP contribution < -0.4 is 0 Å². The summed E-state index contributed by atoms with van der Waals surface area (Å²) in [5.74, 6) is -4.98. The third-order valence-corrected chi connectivity index (χ3v) is 11.8. The number of Topliss-reactive ketones (excluding diaryl/α,β-unsaturated/α-hetero) is 1. The van der Waals surface area contributed by atoms with Gasteiger partial charge in [0.25, 0.3) is 0 Å². The van der Waals surface area contributed by atoms with Crippen LogP contribution in [0.5, 0.6) is 0 Å². The van der Waals surface area contributed by atoms with Crippen LogP contribution >= 0.6 is 0 Å². The molecule has 5 N–H and O–H groups in total. The number of cyclic esters (lactones) is 1. The normalized spacial score (nSPS) is 49.7. The molecule has 0 spiro atoms. The Labute approximate surface area is 304 Å². The molecule has 14 nitrogen and oxygen atoms in total. The van der Waals surface area contributed by atoms with Crippen molar-refractivity contribution in [2.75, 3.05) is 21.2 Å². The van der Waals surface area contributed by atoms with Gasteiger partial charge in [-0.25, -0.2) is 0 Å². The van der Waals surface area contributed by atoms with Gasteiger partial charge in [0.05, 0.1) is 47.6 Å². The van der Waals surface area contributed by atoms with Crippen LogP contribution in [-0.4, -0.2) is 148 Å². The van der Waals surface area contributed by atoms with Gasteiger partial charge in [0.1, 0.15) is 29.7 Å². The SMILES string of the molecule is CCC1OC(=O)C(C)C(O[C@H]2C[C@@](C)(OC)[C@@H](O)[C@H](C)O2)C(C)C(O[C@@H]2O[C@H](C)C[C@H](N(C)C)[C@H]2O)C(C)(O)CC(C)C(=O)C(C)C(O)C1(C)O. The van der Waals surface area contributed by atoms with E-state index in [0.29, 0.717) is 6.42 Å². The lowest BCUT2D eigenvalue weighted by Gasteiger charge is -2.49. The van der Waals surface area contributed by atoms with Crippen LogP contribution in [0.2, 0.25) is 0 Å². The Morgan fingerprint density at radius 1 is 0.882 bits per heavy atom. The first-order valence-electron chi connectivity index (χ1n) is 18.5. The number of ether oxygens (including phenoxy) is 6. The van der Waals surface area contributed by atoms with Crippen molar-refractivity contribution in [3.8, 4) is 0 Å². The lowest BCUT2D eigenvalue weighted by molar-refractivity contribution is -0.318. The van der Waals surface area contributed by atoms with Gasteiger partial charge in [-0.3, -0.25) is 9.59 Å². The summed E-state index contributed by atoms with van der Waals surface area (Å²) in [5.41, 5.74) is -4.84. The maximum absolute atomic E-state index is 14.1. The number of hydrogen-bond acceptors (Lipinski definition) is 14. The maximum Gasteiger partial charge on any atom is 0.311 e. The highest BCUT2D eigenvalue weighted by molar-refractivity contribution is 5.83. The molecule has 3 saturated heterocycles. The zero-order valence-electron chi connectivity index (χ0n) is 32.9. The quantitative estimate of drug-likeness (QED) is 0.238. The summed E-state index contributed by atoms with van der Waals surface area (Å²) in [6, 6.07) is -0.324. The second kappa shape index (κ2) is 17.0. The van der Waals surface area contributed by atoms with E-state index in [1.54, 1.807) is 41.5 Å². The molecule has 0 aromatic rings. The monoisotopic (exact) mass is 733 g/mol. The van der Waals surface area contributed by atoms with E-state index in [1.807, 2.05) is 25.9 Å². The molecule has 10 unspecified atom stereocenters. The average molecular weight is 734 g/mol. The van der Waals surface area contributed by atoms with Gasteiger partial charge in [-0.2, -0.15) is 0 Å². The molecule has 18 atom stereocenters. The molecule has 0 aromatic carbocycles. The number of aliphatic hydroxyl groups is 5. The van der Waals surface area contributed by atoms with Crippen molar-refractivity contribution in [3.63, 3.8) is 0 Å². The topological polar surface area (TPSA) is 194 Å². The van der Waals surface area contributed by atoms with Crippen LogP contribution in [0.1, 0.15) is 94.9 Å². The molecule has 3 rings (SSSR count). The van der Waals surface area contributed by atoms with Crippen molar-refractivity contribution in [3.05, 3.63) is 0 Å². The van der Waals surface area contributed by atoms with E-state index in [-0.39, 0.29) is 31.4 Å². The first-order valence-corrected chi connectivity index (χ1v) is 18.5. The molecule has 3 aliphatic rings. The molecule has 0 amide bonds. The van der Waals surface area contributed by atoms with Crippen molar-refractivity contribution in [2.45, 2.75) is 179 Å². The van der Waals surface area contributed by atoms with Gasteiger partial charge in [-0.1, -0.05) is 27.7 Å². The van der Waals surface area contributed by atoms with E-state index < -0.39 is 108 Å². The molecule has 0 saturated carbocycles. The van der Waals surface area contributed by atoms with Crippen LogP contribution in [-0.2, 0) is 38.0 Å². The van der Waals surface area contributed by atoms with Crippen LogP contribution in [0.3, 0.4) is 0 Å². The van der Waals surface area contributed by atoms with Gasteiger partial charge < -0.3 is 58.9 Å². The highest BCUT2D eigenvalue weighted by atomic mass is 16.7. The molecule has 3 heterocycles. The Morgan fingerprint density at radius 3 is 2.04 bits per heavy atom. The summed E-state index contributed by atoms with van der Waals surface area (Å²) < 4.78 is 37.1. The molecule has 51 heavy (non-hydrogen) atoms. The van der Waals surface area contributed by atoms with Crippen LogP contribution in [0.25, 0.3) is 0 Å². The Hall–Kier alpha value is -1.30. The summed E-state index contributed by atoms with van der Waals surface area (Å²) in [6.45, 7) is 16.3. The van der Waals surface area contributed by atoms with Crippen molar-refractivity contribution in [1.82, 2.24) is 4.90 Å². The number of nitrogens with zero attached hydrogens (tertiary/aromatic N) is 1. The number of esters is 1. The summed E-state index contributed by atoms with van der Waals surface area (Å²) in [7, 11) is 5.18. The van der Waals surface area contributed by atoms with E-state index in [2.05, 4.69) is 0 Å². The molecule has 0 aliphatic carbocycles. The lowest BCUT2D eigenvalue weighted by Crippen LogP contribution is -2.61. The number of rotatable bonds is 7. The molecule has 14 heteroatoms. The van der Waals surface area contributed by atoms with Crippen molar-refractivity contribution in [2.24, 2.45) is 23.7 Å². The number of likely N-dealkylation sites (N-methyl/N-ethyl adjacent to an activating group) is 1. The second-order valence-corrected chi connectivity index (χ2v) is 16.5. The Balaban J connectivity index is 2.18. The molecular formula is C37H67NO13. The van der Waals surface area contributed by atoms with Crippen LogP contribution in [0.4, 0.5) is 0 Å². The minimum atomic E-state index is -1.99. The first kappa shape index (κ1) is 44.1. The molecule has 0 aromatic heterocycles. The summed E-state index contributed by atoms with van der Waals surface area (Å²) >= 11 is 0. The fourth-order valence-electron chi connectivity index (χ4n) is 8.41. The van der Waals surface area contributed by atoms with E-state index in [9.17, 15) is 35.1 Å². The van der Waals surface area contributed by atoms with Gasteiger partial charge in [-0.15, -0.1) is 0 Å². The Morgan fingerprint density at radius 2 is 1.49 bits per heavy atom. The van der Waals surface area contributed by atoms with E-state index in [1.165, 1.54) is 27.9 Å². The van der Waals surface area contributed by atoms with Crippen molar-refractivity contribution >= 4 is 11.8 Å². The van der Waals surface area contributed by atoms with Crippen LogP contribution in [0.15, 0.2) is 0 Å². The average Bonchev–Trinajstić information content (AvgIpc) is 3.05. The van der Waals surface area contributed by atoms with Crippen molar-refractivity contribution < 1.29 is 63.5 Å². The van der Waals surface area contributed by atoms with Gasteiger partial charge in [-0.05, 0) is 74.9 Å². The third-order valence-electron chi connectivity index (χ3n) is 11.8. The molecular weight excluding hydrogens is 666 g/mol. The van der Waals surface area contributed by atoms with Gasteiger partial charge >= 0.3 is 5.97 Å². The maximum atomic E-state index is 14.1. The Bertz CT molecular complexity index is 1170. The van der Waals surface area contributed by atoms with E-state index in [4.69, 9.17) is 28.4 Å².